The van der Waals surface area contributed by atoms with E-state index in [1.165, 1.54) is 26.2 Å². The number of hydrazone groups is 1. The summed E-state index contributed by atoms with van der Waals surface area (Å²) in [7, 11) is 1.19. The van der Waals surface area contributed by atoms with Crippen molar-refractivity contribution in [2.45, 2.75) is 6.92 Å². The Kier molecular flexibility index (Phi) is 5.73. The number of amides is 1. The topological polar surface area (TPSA) is 108 Å². The zero-order valence-electron chi connectivity index (χ0n) is 13.8. The molecular formula is C18H18N2O5. The van der Waals surface area contributed by atoms with Crippen molar-refractivity contribution in [1.29, 1.82) is 0 Å². The second-order valence-electron chi connectivity index (χ2n) is 5.22. The summed E-state index contributed by atoms with van der Waals surface area (Å²) >= 11 is 0. The minimum Gasteiger partial charge on any atom is -0.507 e. The van der Waals surface area contributed by atoms with Gasteiger partial charge in [-0.15, -0.1) is 0 Å². The number of rotatable bonds is 5. The van der Waals surface area contributed by atoms with Crippen molar-refractivity contribution >= 4 is 17.6 Å². The average Bonchev–Trinajstić information content (AvgIpc) is 2.62. The first-order chi connectivity index (χ1) is 12.0. The molecule has 130 valence electrons. The summed E-state index contributed by atoms with van der Waals surface area (Å²) in [6.45, 7) is 1.39. The first-order valence-electron chi connectivity index (χ1n) is 7.47. The third-order valence-electron chi connectivity index (χ3n) is 3.54. The van der Waals surface area contributed by atoms with E-state index in [1.54, 1.807) is 36.4 Å². The smallest absolute Gasteiger partial charge is 0.317 e. The summed E-state index contributed by atoms with van der Waals surface area (Å²) < 4.78 is 4.52. The number of esters is 1. The Morgan fingerprint density at radius 1 is 1.00 bits per heavy atom. The molecular weight excluding hydrogens is 324 g/mol. The number of phenols is 2. The maximum absolute atomic E-state index is 12.0. The summed E-state index contributed by atoms with van der Waals surface area (Å²) in [6, 6.07) is 12.8. The van der Waals surface area contributed by atoms with Crippen molar-refractivity contribution in [3.63, 3.8) is 0 Å². The highest BCUT2D eigenvalue weighted by Crippen LogP contribution is 2.25. The molecule has 0 radical (unpaired) electrons. The van der Waals surface area contributed by atoms with Crippen molar-refractivity contribution in [2.24, 2.45) is 11.0 Å². The van der Waals surface area contributed by atoms with E-state index in [1.807, 2.05) is 0 Å². The van der Waals surface area contributed by atoms with Crippen LogP contribution in [-0.4, -0.2) is 34.9 Å². The highest BCUT2D eigenvalue weighted by Gasteiger charge is 2.22. The van der Waals surface area contributed by atoms with Crippen molar-refractivity contribution in [3.8, 4) is 11.5 Å². The molecule has 0 bridgehead atoms. The number of nitrogens with zero attached hydrogens (tertiary/aromatic N) is 1. The monoisotopic (exact) mass is 342 g/mol. The molecule has 2 rings (SSSR count). The van der Waals surface area contributed by atoms with Crippen LogP contribution in [0.25, 0.3) is 0 Å². The van der Waals surface area contributed by atoms with Crippen LogP contribution in [0.1, 0.15) is 18.1 Å². The lowest BCUT2D eigenvalue weighted by Gasteiger charge is -2.12. The van der Waals surface area contributed by atoms with Gasteiger partial charge in [-0.05, 0) is 31.2 Å². The quantitative estimate of drug-likeness (QED) is 0.332. The summed E-state index contributed by atoms with van der Waals surface area (Å²) in [5.41, 5.74) is 3.06. The molecule has 0 saturated carbocycles. The summed E-state index contributed by atoms with van der Waals surface area (Å²) in [5, 5.41) is 24.2. The van der Waals surface area contributed by atoms with Crippen LogP contribution in [-0.2, 0) is 14.3 Å². The molecule has 2 aromatic carbocycles. The number of benzene rings is 2. The highest BCUT2D eigenvalue weighted by atomic mass is 16.5. The van der Waals surface area contributed by atoms with Gasteiger partial charge in [0.2, 0.25) is 0 Å². The van der Waals surface area contributed by atoms with Gasteiger partial charge in [0.15, 0.2) is 0 Å². The summed E-state index contributed by atoms with van der Waals surface area (Å²) in [4.78, 5) is 23.5. The van der Waals surface area contributed by atoms with Gasteiger partial charge in [-0.1, -0.05) is 24.3 Å². The summed E-state index contributed by atoms with van der Waals surface area (Å²) in [6.07, 6.45) is 0. The lowest BCUT2D eigenvalue weighted by atomic mass is 10.0. The van der Waals surface area contributed by atoms with E-state index in [0.29, 0.717) is 11.1 Å². The van der Waals surface area contributed by atoms with Gasteiger partial charge in [0.25, 0.3) is 5.91 Å². The molecule has 0 aromatic heterocycles. The number of phenolic OH excluding ortho intramolecular Hbond substituents is 2. The Balaban J connectivity index is 2.43. The minimum atomic E-state index is -1.05. The zero-order chi connectivity index (χ0) is 18.4. The van der Waals surface area contributed by atoms with Crippen LogP contribution in [0.4, 0.5) is 0 Å². The fraction of sp³-hybridized carbons (Fsp3) is 0.167. The van der Waals surface area contributed by atoms with Crippen LogP contribution in [0.15, 0.2) is 53.6 Å². The van der Waals surface area contributed by atoms with E-state index in [9.17, 15) is 19.8 Å². The fourth-order valence-electron chi connectivity index (χ4n) is 2.10. The maximum atomic E-state index is 12.0. The molecule has 0 spiro atoms. The Hall–Kier alpha value is -3.35. The zero-order valence-corrected chi connectivity index (χ0v) is 13.8. The third-order valence-corrected chi connectivity index (χ3v) is 3.54. The molecule has 1 unspecified atom stereocenters. The standard InChI is InChI=1S/C18H18N2O5/c1-11(18(24)25-2)17(23)20-19-16(12-7-3-5-9-14(12)21)13-8-4-6-10-15(13)22/h3-11,21-22H,1-2H3,(H,20,23). The van der Waals surface area contributed by atoms with E-state index >= 15 is 0 Å². The molecule has 7 heteroatoms. The van der Waals surface area contributed by atoms with E-state index in [0.717, 1.165) is 0 Å². The normalized spacial score (nSPS) is 11.3. The van der Waals surface area contributed by atoms with E-state index in [2.05, 4.69) is 15.3 Å². The van der Waals surface area contributed by atoms with E-state index < -0.39 is 17.8 Å². The predicted octanol–water partition coefficient (Wildman–Crippen LogP) is 1.78. The average molecular weight is 342 g/mol. The lowest BCUT2D eigenvalue weighted by Crippen LogP contribution is -2.32. The molecule has 0 fully saturated rings. The molecule has 0 saturated heterocycles. The van der Waals surface area contributed by atoms with Crippen LogP contribution in [0.2, 0.25) is 0 Å². The Bertz CT molecular complexity index is 769. The summed E-state index contributed by atoms with van der Waals surface area (Å²) in [5.74, 6) is -2.56. The number of ether oxygens (including phenoxy) is 1. The molecule has 0 aliphatic rings. The molecule has 2 aromatic rings. The predicted molar refractivity (Wildman–Crippen MR) is 91.2 cm³/mol. The minimum absolute atomic E-state index is 0.0697. The number of carbonyl (C=O) groups excluding carboxylic acids is 2. The Morgan fingerprint density at radius 2 is 1.48 bits per heavy atom. The molecule has 25 heavy (non-hydrogen) atoms. The van der Waals surface area contributed by atoms with Gasteiger partial charge >= 0.3 is 5.97 Å². The van der Waals surface area contributed by atoms with Gasteiger partial charge in [0, 0.05) is 11.1 Å². The SMILES string of the molecule is COC(=O)C(C)C(=O)NN=C(c1ccccc1O)c1ccccc1O. The van der Waals surface area contributed by atoms with Gasteiger partial charge in [0.05, 0.1) is 7.11 Å². The Labute approximate surface area is 144 Å². The van der Waals surface area contributed by atoms with Gasteiger partial charge in [-0.3, -0.25) is 9.59 Å². The van der Waals surface area contributed by atoms with E-state index in [-0.39, 0.29) is 17.2 Å². The van der Waals surface area contributed by atoms with E-state index in [4.69, 9.17) is 0 Å². The maximum Gasteiger partial charge on any atom is 0.317 e. The van der Waals surface area contributed by atoms with Gasteiger partial charge < -0.3 is 14.9 Å². The van der Waals surface area contributed by atoms with Gasteiger partial charge in [-0.25, -0.2) is 5.43 Å². The van der Waals surface area contributed by atoms with Crippen molar-refractivity contribution in [1.82, 2.24) is 5.43 Å². The molecule has 0 aliphatic heterocycles. The largest absolute Gasteiger partial charge is 0.507 e. The van der Waals surface area contributed by atoms with Crippen LogP contribution >= 0.6 is 0 Å². The lowest BCUT2D eigenvalue weighted by molar-refractivity contribution is -0.149. The van der Waals surface area contributed by atoms with Crippen molar-refractivity contribution in [2.75, 3.05) is 7.11 Å². The fourth-order valence-corrected chi connectivity index (χ4v) is 2.10. The number of carbonyl (C=O) groups is 2. The number of hydrogen-bond acceptors (Lipinski definition) is 6. The third kappa shape index (κ3) is 4.14. The van der Waals surface area contributed by atoms with Crippen molar-refractivity contribution < 1.29 is 24.5 Å². The molecule has 7 nitrogen and oxygen atoms in total. The van der Waals surface area contributed by atoms with Crippen LogP contribution in [0.5, 0.6) is 11.5 Å². The molecule has 1 atom stereocenters. The van der Waals surface area contributed by atoms with Crippen molar-refractivity contribution in [3.05, 3.63) is 59.7 Å². The first-order valence-corrected chi connectivity index (χ1v) is 7.47. The van der Waals surface area contributed by atoms with Gasteiger partial charge in [0.1, 0.15) is 23.1 Å². The first kappa shape index (κ1) is 18.0. The van der Waals surface area contributed by atoms with Crippen LogP contribution < -0.4 is 5.43 Å². The number of para-hydroxylation sites is 2. The number of nitrogens with one attached hydrogen (secondary N) is 1. The molecule has 3 N–H and O–H groups in total. The molecule has 0 heterocycles. The number of hydrogen-bond donors (Lipinski definition) is 3. The second kappa shape index (κ2) is 7.96. The van der Waals surface area contributed by atoms with Crippen LogP contribution in [0, 0.1) is 5.92 Å². The molecule has 0 aliphatic carbocycles. The Morgan fingerprint density at radius 3 is 1.92 bits per heavy atom. The number of aromatic hydroxyl groups is 2. The van der Waals surface area contributed by atoms with Crippen LogP contribution in [0.3, 0.4) is 0 Å². The second-order valence-corrected chi connectivity index (χ2v) is 5.22. The number of methoxy groups -OCH3 is 1. The van der Waals surface area contributed by atoms with Gasteiger partial charge in [-0.2, -0.15) is 5.10 Å². The molecule has 1 amide bonds. The highest BCUT2D eigenvalue weighted by molar-refractivity contribution is 6.16.